The molecule has 1 N–H and O–H groups in total. The molecule has 9 heteroatoms. The number of rotatable bonds is 4. The average molecular weight is 424 g/mol. The predicted molar refractivity (Wildman–Crippen MR) is 118 cm³/mol. The first-order chi connectivity index (χ1) is 15.8. The number of ether oxygens (including phenoxy) is 1. The van der Waals surface area contributed by atoms with Crippen molar-refractivity contribution in [3.05, 3.63) is 84.1 Å². The van der Waals surface area contributed by atoms with E-state index in [1.807, 2.05) is 48.0 Å². The number of nitrogens with zero attached hydrogens (tertiary/aromatic N) is 7. The highest BCUT2D eigenvalue weighted by Gasteiger charge is 2.26. The average Bonchev–Trinajstić information content (AvgIpc) is 3.44. The molecule has 0 radical (unpaired) electrons. The maximum Gasteiger partial charge on any atom is 0.228 e. The molecule has 1 aromatic carbocycles. The number of fused-ring (bicyclic) bond motifs is 2. The maximum absolute atomic E-state index is 6.09. The van der Waals surface area contributed by atoms with E-state index in [4.69, 9.17) is 4.74 Å². The van der Waals surface area contributed by atoms with E-state index in [0.29, 0.717) is 12.6 Å². The zero-order chi connectivity index (χ0) is 21.5. The van der Waals surface area contributed by atoms with Crippen LogP contribution >= 0.6 is 0 Å². The van der Waals surface area contributed by atoms with E-state index in [1.165, 1.54) is 5.56 Å². The SMILES string of the molecule is Cn1nccc1Nc1nccc(-c2ccn3c(C4OCCc5ccccc54)nnc3c2)n1. The number of hydrogen-bond donors (Lipinski definition) is 1. The topological polar surface area (TPSA) is 95.1 Å². The van der Waals surface area contributed by atoms with Crippen molar-refractivity contribution >= 4 is 17.4 Å². The second-order valence-corrected chi connectivity index (χ2v) is 7.63. The van der Waals surface area contributed by atoms with Crippen molar-refractivity contribution in [2.24, 2.45) is 7.05 Å². The molecule has 0 saturated heterocycles. The maximum atomic E-state index is 6.09. The van der Waals surface area contributed by atoms with Crippen LogP contribution in [0.25, 0.3) is 16.9 Å². The minimum absolute atomic E-state index is 0.227. The molecule has 0 saturated carbocycles. The van der Waals surface area contributed by atoms with E-state index < -0.39 is 0 Å². The van der Waals surface area contributed by atoms with Gasteiger partial charge in [0.15, 0.2) is 11.5 Å². The molecule has 1 atom stereocenters. The van der Waals surface area contributed by atoms with E-state index in [2.05, 4.69) is 48.8 Å². The van der Waals surface area contributed by atoms with Crippen LogP contribution in [0, 0.1) is 0 Å². The summed E-state index contributed by atoms with van der Waals surface area (Å²) in [5, 5.41) is 16.2. The molecule has 1 aliphatic heterocycles. The van der Waals surface area contributed by atoms with Gasteiger partial charge in [0.1, 0.15) is 11.9 Å². The standard InChI is InChI=1S/C23H20N8O/c1-30-19(7-11-25-30)27-23-24-10-6-18(26-23)16-8-12-31-20(14-16)28-29-22(31)21-17-5-3-2-4-15(17)9-13-32-21/h2-8,10-12,14,21H,9,13H2,1H3,(H,24,26,27). The summed E-state index contributed by atoms with van der Waals surface area (Å²) < 4.78 is 9.79. The van der Waals surface area contributed by atoms with Crippen LogP contribution in [0.15, 0.2) is 67.1 Å². The van der Waals surface area contributed by atoms with E-state index in [9.17, 15) is 0 Å². The van der Waals surface area contributed by atoms with E-state index >= 15 is 0 Å². The zero-order valence-electron chi connectivity index (χ0n) is 17.4. The van der Waals surface area contributed by atoms with Gasteiger partial charge < -0.3 is 10.1 Å². The van der Waals surface area contributed by atoms with Gasteiger partial charge in [0.2, 0.25) is 5.95 Å². The molecule has 5 heterocycles. The molecule has 5 aromatic rings. The molecule has 0 amide bonds. The summed E-state index contributed by atoms with van der Waals surface area (Å²) in [6.07, 6.45) is 6.10. The summed E-state index contributed by atoms with van der Waals surface area (Å²) in [7, 11) is 1.86. The van der Waals surface area contributed by atoms with Gasteiger partial charge in [0.05, 0.1) is 18.5 Å². The summed E-state index contributed by atoms with van der Waals surface area (Å²) in [5.41, 5.74) is 4.90. The molecule has 0 fully saturated rings. The third kappa shape index (κ3) is 3.19. The molecular formula is C23H20N8O. The van der Waals surface area contributed by atoms with Crippen LogP contribution in [-0.2, 0) is 18.2 Å². The Morgan fingerprint density at radius 3 is 2.91 bits per heavy atom. The van der Waals surface area contributed by atoms with Crippen LogP contribution < -0.4 is 5.32 Å². The molecule has 9 nitrogen and oxygen atoms in total. The minimum atomic E-state index is -0.227. The third-order valence-electron chi connectivity index (χ3n) is 5.68. The summed E-state index contributed by atoms with van der Waals surface area (Å²) in [6, 6.07) is 16.1. The van der Waals surface area contributed by atoms with Crippen molar-refractivity contribution in [2.75, 3.05) is 11.9 Å². The first-order valence-electron chi connectivity index (χ1n) is 10.4. The van der Waals surface area contributed by atoms with Crippen molar-refractivity contribution in [1.82, 2.24) is 34.3 Å². The fraction of sp³-hybridized carbons (Fsp3) is 0.174. The van der Waals surface area contributed by atoms with Crippen LogP contribution in [0.5, 0.6) is 0 Å². The van der Waals surface area contributed by atoms with Gasteiger partial charge >= 0.3 is 0 Å². The van der Waals surface area contributed by atoms with Crippen molar-refractivity contribution in [2.45, 2.75) is 12.5 Å². The van der Waals surface area contributed by atoms with Gasteiger partial charge in [-0.2, -0.15) is 5.10 Å². The number of pyridine rings is 1. The van der Waals surface area contributed by atoms with Crippen LogP contribution in [0.4, 0.5) is 11.8 Å². The fourth-order valence-electron chi connectivity index (χ4n) is 4.05. The summed E-state index contributed by atoms with van der Waals surface area (Å²) >= 11 is 0. The zero-order valence-corrected chi connectivity index (χ0v) is 17.4. The van der Waals surface area contributed by atoms with Crippen molar-refractivity contribution in [3.8, 4) is 11.3 Å². The Morgan fingerprint density at radius 1 is 1.06 bits per heavy atom. The quantitative estimate of drug-likeness (QED) is 0.473. The van der Waals surface area contributed by atoms with E-state index in [-0.39, 0.29) is 6.10 Å². The van der Waals surface area contributed by atoms with Gasteiger partial charge in [-0.3, -0.25) is 9.08 Å². The van der Waals surface area contributed by atoms with Crippen LogP contribution in [-0.4, -0.2) is 41.0 Å². The van der Waals surface area contributed by atoms with Gasteiger partial charge in [0.25, 0.3) is 0 Å². The lowest BCUT2D eigenvalue weighted by Crippen LogP contribution is -2.19. The Hall–Kier alpha value is -4.11. The normalized spacial score (nSPS) is 15.6. The molecule has 1 unspecified atom stereocenters. The van der Waals surface area contributed by atoms with E-state index in [1.54, 1.807) is 17.1 Å². The highest BCUT2D eigenvalue weighted by atomic mass is 16.5. The summed E-state index contributed by atoms with van der Waals surface area (Å²) in [4.78, 5) is 8.96. The summed E-state index contributed by atoms with van der Waals surface area (Å²) in [6.45, 7) is 0.669. The Labute approximate surface area is 183 Å². The highest BCUT2D eigenvalue weighted by Crippen LogP contribution is 2.32. The molecule has 1 aliphatic rings. The first-order valence-corrected chi connectivity index (χ1v) is 10.4. The number of aryl methyl sites for hydroxylation is 1. The Balaban J connectivity index is 1.34. The molecule has 6 rings (SSSR count). The molecule has 0 spiro atoms. The van der Waals surface area contributed by atoms with Crippen molar-refractivity contribution < 1.29 is 4.74 Å². The van der Waals surface area contributed by atoms with Crippen LogP contribution in [0.2, 0.25) is 0 Å². The minimum Gasteiger partial charge on any atom is -0.365 e. The van der Waals surface area contributed by atoms with Gasteiger partial charge in [-0.05, 0) is 35.7 Å². The van der Waals surface area contributed by atoms with E-state index in [0.717, 1.165) is 40.5 Å². The number of benzene rings is 1. The van der Waals surface area contributed by atoms with Gasteiger partial charge in [-0.1, -0.05) is 24.3 Å². The molecule has 32 heavy (non-hydrogen) atoms. The Kier molecular flexibility index (Phi) is 4.39. The Bertz CT molecular complexity index is 1420. The lowest BCUT2D eigenvalue weighted by atomic mass is 9.97. The van der Waals surface area contributed by atoms with Crippen molar-refractivity contribution in [1.29, 1.82) is 0 Å². The van der Waals surface area contributed by atoms with Gasteiger partial charge in [-0.15, -0.1) is 10.2 Å². The number of anilines is 2. The number of hydrogen-bond acceptors (Lipinski definition) is 7. The second kappa shape index (κ2) is 7.54. The molecule has 0 bridgehead atoms. The highest BCUT2D eigenvalue weighted by molar-refractivity contribution is 5.65. The predicted octanol–water partition coefficient (Wildman–Crippen LogP) is 3.33. The molecule has 4 aromatic heterocycles. The van der Waals surface area contributed by atoms with Crippen molar-refractivity contribution in [3.63, 3.8) is 0 Å². The summed E-state index contributed by atoms with van der Waals surface area (Å²) in [5.74, 6) is 2.09. The second-order valence-electron chi connectivity index (χ2n) is 7.63. The largest absolute Gasteiger partial charge is 0.365 e. The molecule has 0 aliphatic carbocycles. The lowest BCUT2D eigenvalue weighted by molar-refractivity contribution is 0.0634. The smallest absolute Gasteiger partial charge is 0.228 e. The lowest BCUT2D eigenvalue weighted by Gasteiger charge is -2.24. The van der Waals surface area contributed by atoms with Gasteiger partial charge in [0, 0.05) is 31.1 Å². The molecular weight excluding hydrogens is 404 g/mol. The fourth-order valence-corrected chi connectivity index (χ4v) is 4.05. The number of aromatic nitrogens is 7. The van der Waals surface area contributed by atoms with Crippen LogP contribution in [0.3, 0.4) is 0 Å². The number of nitrogens with one attached hydrogen (secondary N) is 1. The Morgan fingerprint density at radius 2 is 2.00 bits per heavy atom. The monoisotopic (exact) mass is 424 g/mol. The van der Waals surface area contributed by atoms with Crippen LogP contribution in [0.1, 0.15) is 23.1 Å². The molecule has 158 valence electrons. The first kappa shape index (κ1) is 18.6. The third-order valence-corrected chi connectivity index (χ3v) is 5.68. The van der Waals surface area contributed by atoms with Gasteiger partial charge in [-0.25, -0.2) is 9.97 Å².